The lowest BCUT2D eigenvalue weighted by Gasteiger charge is -2.17. The molecule has 0 radical (unpaired) electrons. The summed E-state index contributed by atoms with van der Waals surface area (Å²) in [4.78, 5) is 4.43. The van der Waals surface area contributed by atoms with Crippen molar-refractivity contribution in [3.63, 3.8) is 0 Å². The second-order valence-electron chi connectivity index (χ2n) is 4.49. The lowest BCUT2D eigenvalue weighted by molar-refractivity contribution is 0.451. The summed E-state index contributed by atoms with van der Waals surface area (Å²) < 4.78 is 28.0. The molecule has 1 heterocycles. The fourth-order valence-electron chi connectivity index (χ4n) is 1.76. The molecule has 0 N–H and O–H groups in total. The second-order valence-corrected chi connectivity index (χ2v) is 7.10. The minimum Gasteiger partial charge on any atom is -0.337 e. The molecule has 0 atom stereocenters. The Morgan fingerprint density at radius 2 is 1.95 bits per heavy atom. The molecule has 1 aromatic heterocycles. The zero-order valence-electron chi connectivity index (χ0n) is 11.3. The van der Waals surface area contributed by atoms with E-state index in [9.17, 15) is 8.42 Å². The molecule has 20 heavy (non-hydrogen) atoms. The van der Waals surface area contributed by atoms with E-state index < -0.39 is 10.0 Å². The van der Waals surface area contributed by atoms with Crippen LogP contribution >= 0.6 is 15.9 Å². The van der Waals surface area contributed by atoms with Crippen LogP contribution in [-0.2, 0) is 28.9 Å². The first-order valence-electron chi connectivity index (χ1n) is 6.02. The Labute approximate surface area is 127 Å². The van der Waals surface area contributed by atoms with E-state index in [0.29, 0.717) is 16.0 Å². The number of alkyl halides is 1. The van der Waals surface area contributed by atoms with Crippen molar-refractivity contribution < 1.29 is 8.42 Å². The van der Waals surface area contributed by atoms with E-state index >= 15 is 0 Å². The van der Waals surface area contributed by atoms with Crippen molar-refractivity contribution in [2.24, 2.45) is 7.05 Å². The molecule has 2 rings (SSSR count). The Morgan fingerprint density at radius 1 is 1.30 bits per heavy atom. The van der Waals surface area contributed by atoms with Crippen molar-refractivity contribution in [2.75, 3.05) is 7.05 Å². The molecular weight excluding hydrogens is 342 g/mol. The number of halogens is 1. The first-order valence-corrected chi connectivity index (χ1v) is 8.58. The molecule has 0 saturated heterocycles. The average Bonchev–Trinajstić information content (AvgIpc) is 2.84. The highest BCUT2D eigenvalue weighted by molar-refractivity contribution is 9.08. The first kappa shape index (κ1) is 15.2. The minimum absolute atomic E-state index is 0.242. The topological polar surface area (TPSA) is 55.2 Å². The highest BCUT2D eigenvalue weighted by Crippen LogP contribution is 2.17. The van der Waals surface area contributed by atoms with Crippen LogP contribution in [0.1, 0.15) is 11.4 Å². The third-order valence-corrected chi connectivity index (χ3v) is 5.54. The fourth-order valence-corrected chi connectivity index (χ4v) is 3.26. The van der Waals surface area contributed by atoms with E-state index in [1.807, 2.05) is 7.05 Å². The highest BCUT2D eigenvalue weighted by atomic mass is 79.9. The molecule has 2 aromatic rings. The minimum atomic E-state index is -3.49. The average molecular weight is 358 g/mol. The van der Waals surface area contributed by atoms with Crippen LogP contribution in [0, 0.1) is 0 Å². The largest absolute Gasteiger partial charge is 0.337 e. The summed E-state index contributed by atoms with van der Waals surface area (Å²) in [5.74, 6) is 0.702. The number of nitrogens with zero attached hydrogens (tertiary/aromatic N) is 3. The molecule has 0 spiro atoms. The van der Waals surface area contributed by atoms with Gasteiger partial charge in [-0.15, -0.1) is 0 Å². The molecule has 1 aromatic carbocycles. The van der Waals surface area contributed by atoms with Crippen molar-refractivity contribution in [1.82, 2.24) is 13.9 Å². The van der Waals surface area contributed by atoms with Gasteiger partial charge in [-0.05, 0) is 17.7 Å². The number of rotatable bonds is 5. The van der Waals surface area contributed by atoms with E-state index in [0.717, 1.165) is 5.56 Å². The molecule has 7 heteroatoms. The Balaban J connectivity index is 2.22. The second kappa shape index (κ2) is 6.07. The van der Waals surface area contributed by atoms with Gasteiger partial charge in [0.1, 0.15) is 5.82 Å². The Kier molecular flexibility index (Phi) is 4.62. The summed E-state index contributed by atoms with van der Waals surface area (Å²) in [6, 6.07) is 6.86. The van der Waals surface area contributed by atoms with Crippen LogP contribution in [0.15, 0.2) is 41.6 Å². The van der Waals surface area contributed by atoms with E-state index in [-0.39, 0.29) is 6.54 Å². The monoisotopic (exact) mass is 357 g/mol. The predicted octanol–water partition coefficient (Wildman–Crippen LogP) is 2.14. The molecule has 5 nitrogen and oxygen atoms in total. The van der Waals surface area contributed by atoms with Gasteiger partial charge in [0, 0.05) is 31.8 Å². The van der Waals surface area contributed by atoms with Crippen LogP contribution in [0.25, 0.3) is 0 Å². The van der Waals surface area contributed by atoms with E-state index in [2.05, 4.69) is 20.9 Å². The molecule has 0 fully saturated rings. The lowest BCUT2D eigenvalue weighted by atomic mass is 10.2. The van der Waals surface area contributed by atoms with Crippen LogP contribution in [0.5, 0.6) is 0 Å². The van der Waals surface area contributed by atoms with Crippen molar-refractivity contribution >= 4 is 26.0 Å². The highest BCUT2D eigenvalue weighted by Gasteiger charge is 2.21. The van der Waals surface area contributed by atoms with Gasteiger partial charge in [-0.25, -0.2) is 13.4 Å². The summed E-state index contributed by atoms with van der Waals surface area (Å²) in [5, 5.41) is 0.705. The van der Waals surface area contributed by atoms with Gasteiger partial charge in [-0.3, -0.25) is 0 Å². The number of sulfonamides is 1. The normalized spacial score (nSPS) is 12.0. The summed E-state index contributed by atoms with van der Waals surface area (Å²) in [6.07, 6.45) is 3.45. The SMILES string of the molecule is CN(Cc1nccn1C)S(=O)(=O)c1ccc(CBr)cc1. The molecule has 0 unspecified atom stereocenters. The third kappa shape index (κ3) is 3.11. The van der Waals surface area contributed by atoms with Crippen molar-refractivity contribution in [2.45, 2.75) is 16.8 Å². The van der Waals surface area contributed by atoms with Crippen molar-refractivity contribution in [3.05, 3.63) is 48.0 Å². The smallest absolute Gasteiger partial charge is 0.243 e. The van der Waals surface area contributed by atoms with Crippen LogP contribution in [0.3, 0.4) is 0 Å². The Morgan fingerprint density at radius 3 is 2.45 bits per heavy atom. The maximum absolute atomic E-state index is 12.4. The van der Waals surface area contributed by atoms with Crippen LogP contribution in [0.4, 0.5) is 0 Å². The molecule has 0 aliphatic rings. The lowest BCUT2D eigenvalue weighted by Crippen LogP contribution is -2.27. The van der Waals surface area contributed by atoms with Gasteiger partial charge in [0.2, 0.25) is 10.0 Å². The summed E-state index contributed by atoms with van der Waals surface area (Å²) in [7, 11) is -0.0933. The maximum Gasteiger partial charge on any atom is 0.243 e. The summed E-state index contributed by atoms with van der Waals surface area (Å²) >= 11 is 3.34. The molecule has 0 amide bonds. The van der Waals surface area contributed by atoms with Crippen molar-refractivity contribution in [1.29, 1.82) is 0 Å². The molecular formula is C13H16BrN3O2S. The Hall–Kier alpha value is -1.18. The van der Waals surface area contributed by atoms with Gasteiger partial charge in [0.25, 0.3) is 0 Å². The van der Waals surface area contributed by atoms with Crippen LogP contribution < -0.4 is 0 Å². The van der Waals surface area contributed by atoms with E-state index in [1.54, 1.807) is 48.3 Å². The molecule has 108 valence electrons. The predicted molar refractivity (Wildman–Crippen MR) is 80.9 cm³/mol. The number of hydrogen-bond acceptors (Lipinski definition) is 3. The fraction of sp³-hybridized carbons (Fsp3) is 0.308. The number of aromatic nitrogens is 2. The summed E-state index contributed by atoms with van der Waals surface area (Å²) in [5.41, 5.74) is 1.04. The number of aryl methyl sites for hydroxylation is 1. The molecule has 0 aliphatic carbocycles. The first-order chi connectivity index (χ1) is 9.45. The quantitative estimate of drug-likeness (QED) is 0.770. The number of benzene rings is 1. The van der Waals surface area contributed by atoms with Crippen molar-refractivity contribution in [3.8, 4) is 0 Å². The standard InChI is InChI=1S/C13H16BrN3O2S/c1-16-8-7-15-13(16)10-17(2)20(18,19)12-5-3-11(9-14)4-6-12/h3-8H,9-10H2,1-2H3. The van der Waals surface area contributed by atoms with Crippen LogP contribution in [-0.4, -0.2) is 29.3 Å². The van der Waals surface area contributed by atoms with Gasteiger partial charge >= 0.3 is 0 Å². The number of imidazole rings is 1. The van der Waals surface area contributed by atoms with Gasteiger partial charge in [0.15, 0.2) is 0 Å². The maximum atomic E-state index is 12.4. The van der Waals surface area contributed by atoms with Gasteiger partial charge < -0.3 is 4.57 Å². The summed E-state index contributed by atoms with van der Waals surface area (Å²) in [6.45, 7) is 0.242. The van der Waals surface area contributed by atoms with E-state index in [1.165, 1.54) is 4.31 Å². The van der Waals surface area contributed by atoms with Gasteiger partial charge in [-0.2, -0.15) is 4.31 Å². The van der Waals surface area contributed by atoms with Gasteiger partial charge in [-0.1, -0.05) is 28.1 Å². The van der Waals surface area contributed by atoms with E-state index in [4.69, 9.17) is 0 Å². The zero-order chi connectivity index (χ0) is 14.8. The molecule has 0 bridgehead atoms. The third-order valence-electron chi connectivity index (χ3n) is 3.07. The van der Waals surface area contributed by atoms with Crippen LogP contribution in [0.2, 0.25) is 0 Å². The number of hydrogen-bond donors (Lipinski definition) is 0. The molecule has 0 aliphatic heterocycles. The Bertz CT molecular complexity index is 680. The zero-order valence-corrected chi connectivity index (χ0v) is 13.7. The molecule has 0 saturated carbocycles. The van der Waals surface area contributed by atoms with Gasteiger partial charge in [0.05, 0.1) is 11.4 Å².